The van der Waals surface area contributed by atoms with Crippen molar-refractivity contribution in [2.45, 2.75) is 39.0 Å². The van der Waals surface area contributed by atoms with E-state index in [1.165, 1.54) is 43.8 Å². The molecule has 4 aliphatic rings. The van der Waals surface area contributed by atoms with Gasteiger partial charge in [-0.3, -0.25) is 19.5 Å². The number of halogens is 1. The number of hydrogen-bond acceptors (Lipinski definition) is 4. The van der Waals surface area contributed by atoms with Crippen LogP contribution < -0.4 is 10.6 Å². The molecular weight excluding hydrogens is 493 g/mol. The van der Waals surface area contributed by atoms with Gasteiger partial charge in [0, 0.05) is 26.2 Å². The molecule has 2 aliphatic carbocycles. The second-order valence-corrected chi connectivity index (χ2v) is 8.77. The lowest BCUT2D eigenvalue weighted by Crippen LogP contribution is -2.43. The van der Waals surface area contributed by atoms with E-state index in [1.807, 2.05) is 6.92 Å². The Kier molecular flexibility index (Phi) is 8.56. The van der Waals surface area contributed by atoms with Crippen molar-refractivity contribution in [1.29, 1.82) is 0 Å². The molecule has 4 rings (SSSR count). The number of amides is 2. The second kappa shape index (κ2) is 10.9. The Morgan fingerprint density at radius 1 is 1.03 bits per heavy atom. The zero-order valence-electron chi connectivity index (χ0n) is 18.0. The number of nitrogens with one attached hydrogen (secondary N) is 2. The Morgan fingerprint density at radius 2 is 1.70 bits per heavy atom. The van der Waals surface area contributed by atoms with Crippen molar-refractivity contribution in [3.63, 3.8) is 0 Å². The molecule has 7 nitrogen and oxygen atoms in total. The number of carbonyl (C=O) groups is 2. The summed E-state index contributed by atoms with van der Waals surface area (Å²) in [5.74, 6) is 1.18. The summed E-state index contributed by atoms with van der Waals surface area (Å²) in [5, 5.41) is 6.55. The molecule has 2 heterocycles. The van der Waals surface area contributed by atoms with Crippen LogP contribution >= 0.6 is 24.0 Å². The highest BCUT2D eigenvalue weighted by Gasteiger charge is 2.58. The number of hydrogen-bond donors (Lipinski definition) is 2. The molecule has 8 heteroatoms. The van der Waals surface area contributed by atoms with Crippen LogP contribution in [0.5, 0.6) is 0 Å². The van der Waals surface area contributed by atoms with Gasteiger partial charge in [-0.05, 0) is 70.5 Å². The summed E-state index contributed by atoms with van der Waals surface area (Å²) in [6, 6.07) is 0. The fourth-order valence-electron chi connectivity index (χ4n) is 5.46. The third-order valence-electron chi connectivity index (χ3n) is 6.88. The van der Waals surface area contributed by atoms with Gasteiger partial charge in [0.05, 0.1) is 11.8 Å². The van der Waals surface area contributed by atoms with Gasteiger partial charge >= 0.3 is 0 Å². The van der Waals surface area contributed by atoms with Crippen molar-refractivity contribution in [2.24, 2.45) is 28.7 Å². The predicted molar refractivity (Wildman–Crippen MR) is 129 cm³/mol. The number of rotatable bonds is 9. The first kappa shape index (κ1) is 23.5. The Bertz CT molecular complexity index is 646. The van der Waals surface area contributed by atoms with Gasteiger partial charge in [0.2, 0.25) is 11.8 Å². The van der Waals surface area contributed by atoms with Gasteiger partial charge in [0.25, 0.3) is 0 Å². The second-order valence-electron chi connectivity index (χ2n) is 8.77. The zero-order chi connectivity index (χ0) is 20.2. The molecule has 4 atom stereocenters. The van der Waals surface area contributed by atoms with Crippen LogP contribution in [0.3, 0.4) is 0 Å². The molecule has 2 saturated heterocycles. The smallest absolute Gasteiger partial charge is 0.233 e. The number of allylic oxidation sites excluding steroid dienone is 2. The van der Waals surface area contributed by atoms with Gasteiger partial charge in [0.1, 0.15) is 0 Å². The van der Waals surface area contributed by atoms with Gasteiger partial charge in [-0.1, -0.05) is 12.2 Å². The quantitative estimate of drug-likeness (QED) is 0.119. The fourth-order valence-corrected chi connectivity index (χ4v) is 5.46. The van der Waals surface area contributed by atoms with E-state index >= 15 is 0 Å². The van der Waals surface area contributed by atoms with Gasteiger partial charge in [-0.15, -0.1) is 24.0 Å². The molecule has 4 unspecified atom stereocenters. The van der Waals surface area contributed by atoms with Gasteiger partial charge in [-0.25, -0.2) is 0 Å². The van der Waals surface area contributed by atoms with E-state index in [9.17, 15) is 9.59 Å². The van der Waals surface area contributed by atoms with Crippen LogP contribution in [-0.2, 0) is 9.59 Å². The topological polar surface area (TPSA) is 77.0 Å². The maximum absolute atomic E-state index is 12.7. The van der Waals surface area contributed by atoms with Crippen molar-refractivity contribution in [1.82, 2.24) is 20.4 Å². The lowest BCUT2D eigenvalue weighted by atomic mass is 9.85. The van der Waals surface area contributed by atoms with E-state index in [4.69, 9.17) is 0 Å². The van der Waals surface area contributed by atoms with Gasteiger partial charge < -0.3 is 15.5 Å². The minimum atomic E-state index is -0.102. The number of unbranched alkanes of at least 4 members (excludes halogenated alkanes) is 1. The van der Waals surface area contributed by atoms with Crippen LogP contribution in [0.4, 0.5) is 0 Å². The summed E-state index contributed by atoms with van der Waals surface area (Å²) in [4.78, 5) is 34.1. The highest BCUT2D eigenvalue weighted by atomic mass is 127. The minimum Gasteiger partial charge on any atom is -0.357 e. The zero-order valence-corrected chi connectivity index (χ0v) is 20.3. The molecular formula is C22H36IN5O2. The number of imide groups is 1. The van der Waals surface area contributed by atoms with E-state index in [0.29, 0.717) is 13.1 Å². The number of aliphatic imine (C=N–C) groups is 1. The predicted octanol–water partition coefficient (Wildman–Crippen LogP) is 1.84. The summed E-state index contributed by atoms with van der Waals surface area (Å²) >= 11 is 0. The van der Waals surface area contributed by atoms with E-state index in [0.717, 1.165) is 31.9 Å². The molecule has 0 aromatic heterocycles. The van der Waals surface area contributed by atoms with E-state index in [2.05, 4.69) is 32.7 Å². The molecule has 2 N–H and O–H groups in total. The Morgan fingerprint density at radius 3 is 2.33 bits per heavy atom. The normalized spacial score (nSPS) is 30.2. The molecule has 0 radical (unpaired) electrons. The Labute approximate surface area is 197 Å². The lowest BCUT2D eigenvalue weighted by molar-refractivity contribution is -0.140. The summed E-state index contributed by atoms with van der Waals surface area (Å²) < 4.78 is 0. The van der Waals surface area contributed by atoms with E-state index in [1.54, 1.807) is 0 Å². The lowest BCUT2D eigenvalue weighted by Gasteiger charge is -2.18. The van der Waals surface area contributed by atoms with Crippen LogP contribution in [0, 0.1) is 23.7 Å². The highest BCUT2D eigenvalue weighted by molar-refractivity contribution is 14.0. The Hall–Kier alpha value is -1.16. The monoisotopic (exact) mass is 529 g/mol. The molecule has 2 bridgehead atoms. The number of guanidine groups is 1. The largest absolute Gasteiger partial charge is 0.357 e. The maximum Gasteiger partial charge on any atom is 0.233 e. The molecule has 2 amide bonds. The molecule has 0 spiro atoms. The van der Waals surface area contributed by atoms with Crippen molar-refractivity contribution < 1.29 is 9.59 Å². The maximum atomic E-state index is 12.7. The summed E-state index contributed by atoms with van der Waals surface area (Å²) in [7, 11) is 0. The van der Waals surface area contributed by atoms with Gasteiger partial charge in [0.15, 0.2) is 5.96 Å². The van der Waals surface area contributed by atoms with E-state index in [-0.39, 0.29) is 59.5 Å². The molecule has 0 aromatic carbocycles. The average molecular weight is 529 g/mol. The molecule has 0 aromatic rings. The van der Waals surface area contributed by atoms with Crippen molar-refractivity contribution in [3.05, 3.63) is 12.2 Å². The number of fused-ring (bicyclic) bond motifs is 5. The fraction of sp³-hybridized carbons (Fsp3) is 0.773. The SMILES string of the molecule is CCNC(=NCCCCN1CCCC1)NCCN1C(=O)C2C3C=CC(C3)C2C1=O.I. The molecule has 30 heavy (non-hydrogen) atoms. The first-order valence-electron chi connectivity index (χ1n) is 11.5. The van der Waals surface area contributed by atoms with Crippen LogP contribution in [0.1, 0.15) is 39.0 Å². The highest BCUT2D eigenvalue weighted by Crippen LogP contribution is 2.52. The van der Waals surface area contributed by atoms with Crippen LogP contribution in [0.15, 0.2) is 17.1 Å². The van der Waals surface area contributed by atoms with Crippen LogP contribution in [-0.4, -0.2) is 73.4 Å². The third-order valence-corrected chi connectivity index (χ3v) is 6.88. The van der Waals surface area contributed by atoms with Crippen molar-refractivity contribution in [3.8, 4) is 0 Å². The molecule has 168 valence electrons. The minimum absolute atomic E-state index is 0. The molecule has 1 saturated carbocycles. The van der Waals surface area contributed by atoms with Crippen LogP contribution in [0.2, 0.25) is 0 Å². The van der Waals surface area contributed by atoms with E-state index < -0.39 is 0 Å². The third kappa shape index (κ3) is 5.00. The Balaban J connectivity index is 0.00000256. The van der Waals surface area contributed by atoms with Crippen LogP contribution in [0.25, 0.3) is 0 Å². The standard InChI is InChI=1S/C22H35N5O2.HI/c1-2-23-22(24-9-3-4-11-26-12-5-6-13-26)25-10-14-27-20(28)18-16-7-8-17(15-16)19(18)21(27)29;/h7-8,16-19H,2-6,9-15H2,1H3,(H2,23,24,25);1H. The average Bonchev–Trinajstić information content (AvgIpc) is 3.49. The first-order valence-corrected chi connectivity index (χ1v) is 11.5. The molecule has 2 aliphatic heterocycles. The van der Waals surface area contributed by atoms with Crippen molar-refractivity contribution in [2.75, 3.05) is 45.8 Å². The first-order chi connectivity index (χ1) is 14.2. The van der Waals surface area contributed by atoms with Gasteiger partial charge in [-0.2, -0.15) is 0 Å². The number of likely N-dealkylation sites (tertiary alicyclic amines) is 2. The summed E-state index contributed by atoms with van der Waals surface area (Å²) in [6.07, 6.45) is 10.2. The number of carbonyl (C=O) groups excluding carboxylic acids is 2. The summed E-state index contributed by atoms with van der Waals surface area (Å²) in [5.41, 5.74) is 0. The summed E-state index contributed by atoms with van der Waals surface area (Å²) in [6.45, 7) is 8.27. The molecule has 3 fully saturated rings. The van der Waals surface area contributed by atoms with Crippen molar-refractivity contribution >= 4 is 41.8 Å². The number of nitrogens with zero attached hydrogens (tertiary/aromatic N) is 3.